The van der Waals surface area contributed by atoms with Gasteiger partial charge in [0.15, 0.2) is 0 Å². The molecule has 0 radical (unpaired) electrons. The summed E-state index contributed by atoms with van der Waals surface area (Å²) in [6, 6.07) is 4.54. The lowest BCUT2D eigenvalue weighted by atomic mass is 10.4. The number of piperidine rings is 1. The quantitative estimate of drug-likeness (QED) is 0.763. The van der Waals surface area contributed by atoms with Gasteiger partial charge in [-0.05, 0) is 24.0 Å². The summed E-state index contributed by atoms with van der Waals surface area (Å²) in [5.41, 5.74) is 0. The highest BCUT2D eigenvalue weighted by atomic mass is 16.5. The molecule has 1 saturated heterocycles. The van der Waals surface area contributed by atoms with Crippen LogP contribution >= 0.6 is 0 Å². The summed E-state index contributed by atoms with van der Waals surface area (Å²) < 4.78 is 5.06. The van der Waals surface area contributed by atoms with E-state index in [-0.39, 0.29) is 0 Å². The molecule has 80 valence electrons. The molecule has 2 atom stereocenters. The van der Waals surface area contributed by atoms with Crippen molar-refractivity contribution in [2.24, 2.45) is 11.8 Å². The van der Waals surface area contributed by atoms with Gasteiger partial charge in [0.05, 0.1) is 13.3 Å². The predicted octanol–water partition coefficient (Wildman–Crippen LogP) is 0.720. The number of hydrogen-bond donors (Lipinski definition) is 2. The van der Waals surface area contributed by atoms with Gasteiger partial charge in [-0.25, -0.2) is 4.98 Å². The van der Waals surface area contributed by atoms with E-state index in [9.17, 15) is 0 Å². The highest BCUT2D eigenvalue weighted by Gasteiger charge is 2.52. The molecule has 0 amide bonds. The minimum Gasteiger partial charge on any atom is -0.495 e. The van der Waals surface area contributed by atoms with Gasteiger partial charge in [-0.1, -0.05) is 0 Å². The number of pyridine rings is 1. The summed E-state index contributed by atoms with van der Waals surface area (Å²) in [4.78, 5) is 4.30. The third-order valence-corrected chi connectivity index (χ3v) is 3.38. The lowest BCUT2D eigenvalue weighted by molar-refractivity contribution is 0.413. The van der Waals surface area contributed by atoms with E-state index in [4.69, 9.17) is 4.74 Å². The first kappa shape index (κ1) is 8.97. The van der Waals surface area contributed by atoms with Crippen LogP contribution in [-0.4, -0.2) is 31.2 Å². The van der Waals surface area contributed by atoms with Gasteiger partial charge < -0.3 is 15.4 Å². The number of nitrogens with one attached hydrogen (secondary N) is 2. The maximum absolute atomic E-state index is 5.06. The molecule has 3 rings (SSSR count). The first-order chi connectivity index (χ1) is 7.38. The molecule has 2 aliphatic rings. The molecule has 4 nitrogen and oxygen atoms in total. The fraction of sp³-hybridized carbons (Fsp3) is 0.545. The van der Waals surface area contributed by atoms with Crippen molar-refractivity contribution in [1.29, 1.82) is 0 Å². The lowest BCUT2D eigenvalue weighted by Gasteiger charge is -2.08. The monoisotopic (exact) mass is 205 g/mol. The Kier molecular flexibility index (Phi) is 2.02. The second-order valence-electron chi connectivity index (χ2n) is 4.24. The van der Waals surface area contributed by atoms with E-state index >= 15 is 0 Å². The minimum atomic E-state index is 0.632. The van der Waals surface area contributed by atoms with Crippen LogP contribution in [-0.2, 0) is 0 Å². The molecule has 1 aromatic rings. The Morgan fingerprint density at radius 3 is 2.80 bits per heavy atom. The molecule has 1 aromatic heterocycles. The van der Waals surface area contributed by atoms with E-state index in [1.54, 1.807) is 13.3 Å². The van der Waals surface area contributed by atoms with Crippen molar-refractivity contribution in [2.75, 3.05) is 25.5 Å². The van der Waals surface area contributed by atoms with Crippen molar-refractivity contribution < 1.29 is 4.74 Å². The van der Waals surface area contributed by atoms with Crippen LogP contribution in [0.1, 0.15) is 0 Å². The van der Waals surface area contributed by atoms with Gasteiger partial charge >= 0.3 is 0 Å². The van der Waals surface area contributed by atoms with Crippen molar-refractivity contribution in [3.63, 3.8) is 0 Å². The van der Waals surface area contributed by atoms with Crippen LogP contribution < -0.4 is 15.4 Å². The fourth-order valence-corrected chi connectivity index (χ4v) is 2.39. The Hall–Kier alpha value is -1.29. The SMILES string of the molecule is COc1ccc(NC2C3CNCC32)nc1. The smallest absolute Gasteiger partial charge is 0.137 e. The number of anilines is 1. The second-order valence-corrected chi connectivity index (χ2v) is 4.24. The molecule has 1 aliphatic carbocycles. The molecular formula is C11H15N3O. The number of aromatic nitrogens is 1. The maximum Gasteiger partial charge on any atom is 0.137 e. The Bertz CT molecular complexity index is 341. The Balaban J connectivity index is 1.63. The van der Waals surface area contributed by atoms with Gasteiger partial charge in [0, 0.05) is 19.1 Å². The van der Waals surface area contributed by atoms with Gasteiger partial charge in [-0.15, -0.1) is 0 Å². The van der Waals surface area contributed by atoms with Gasteiger partial charge in [0.2, 0.25) is 0 Å². The average molecular weight is 205 g/mol. The first-order valence-electron chi connectivity index (χ1n) is 5.36. The summed E-state index contributed by atoms with van der Waals surface area (Å²) in [5, 5.41) is 6.84. The Morgan fingerprint density at radius 1 is 1.40 bits per heavy atom. The highest BCUT2D eigenvalue weighted by molar-refractivity contribution is 5.41. The first-order valence-corrected chi connectivity index (χ1v) is 5.36. The highest BCUT2D eigenvalue weighted by Crippen LogP contribution is 2.43. The normalized spacial score (nSPS) is 32.2. The topological polar surface area (TPSA) is 46.2 Å². The average Bonchev–Trinajstić information content (AvgIpc) is 2.75. The van der Waals surface area contributed by atoms with Crippen molar-refractivity contribution in [3.8, 4) is 5.75 Å². The standard InChI is InChI=1S/C11H15N3O/c1-15-7-2-3-10(13-4-7)14-11-8-5-12-6-9(8)11/h2-4,8-9,11-12H,5-6H2,1H3,(H,13,14). The number of hydrogen-bond acceptors (Lipinski definition) is 4. The molecule has 2 fully saturated rings. The third kappa shape index (κ3) is 1.55. The van der Waals surface area contributed by atoms with Crippen molar-refractivity contribution >= 4 is 5.82 Å². The van der Waals surface area contributed by atoms with E-state index in [1.807, 2.05) is 12.1 Å². The van der Waals surface area contributed by atoms with Crippen molar-refractivity contribution in [2.45, 2.75) is 6.04 Å². The zero-order chi connectivity index (χ0) is 10.3. The predicted molar refractivity (Wildman–Crippen MR) is 58.0 cm³/mol. The van der Waals surface area contributed by atoms with Gasteiger partial charge in [-0.2, -0.15) is 0 Å². The minimum absolute atomic E-state index is 0.632. The molecule has 15 heavy (non-hydrogen) atoms. The molecule has 4 heteroatoms. The zero-order valence-corrected chi connectivity index (χ0v) is 8.73. The van der Waals surface area contributed by atoms with Crippen LogP contribution in [0.3, 0.4) is 0 Å². The summed E-state index contributed by atoms with van der Waals surface area (Å²) >= 11 is 0. The van der Waals surface area contributed by atoms with Gasteiger partial charge in [0.25, 0.3) is 0 Å². The number of methoxy groups -OCH3 is 1. The molecule has 0 spiro atoms. The van der Waals surface area contributed by atoms with Crippen molar-refractivity contribution in [1.82, 2.24) is 10.3 Å². The number of rotatable bonds is 3. The molecule has 0 aromatic carbocycles. The van der Waals surface area contributed by atoms with E-state index in [2.05, 4.69) is 15.6 Å². The van der Waals surface area contributed by atoms with Gasteiger partial charge in [0.1, 0.15) is 11.6 Å². The molecular weight excluding hydrogens is 190 g/mol. The molecule has 2 N–H and O–H groups in total. The maximum atomic E-state index is 5.06. The number of ether oxygens (including phenoxy) is 1. The summed E-state index contributed by atoms with van der Waals surface area (Å²) in [7, 11) is 1.65. The van der Waals surface area contributed by atoms with Crippen LogP contribution in [0.2, 0.25) is 0 Å². The zero-order valence-electron chi connectivity index (χ0n) is 8.73. The molecule has 2 heterocycles. The molecule has 1 saturated carbocycles. The van der Waals surface area contributed by atoms with Crippen LogP contribution in [0.15, 0.2) is 18.3 Å². The van der Waals surface area contributed by atoms with Gasteiger partial charge in [-0.3, -0.25) is 0 Å². The number of nitrogens with zero attached hydrogens (tertiary/aromatic N) is 1. The Morgan fingerprint density at radius 2 is 2.20 bits per heavy atom. The summed E-state index contributed by atoms with van der Waals surface area (Å²) in [6.45, 7) is 2.30. The van der Waals surface area contributed by atoms with Crippen LogP contribution in [0.25, 0.3) is 0 Å². The van der Waals surface area contributed by atoms with E-state index in [1.165, 1.54) is 0 Å². The summed E-state index contributed by atoms with van der Waals surface area (Å²) in [5.74, 6) is 3.39. The third-order valence-electron chi connectivity index (χ3n) is 3.38. The van der Waals surface area contributed by atoms with Crippen LogP contribution in [0, 0.1) is 11.8 Å². The fourth-order valence-electron chi connectivity index (χ4n) is 2.39. The summed E-state index contributed by atoms with van der Waals surface area (Å²) in [6.07, 6.45) is 1.75. The van der Waals surface area contributed by atoms with Crippen LogP contribution in [0.4, 0.5) is 5.82 Å². The van der Waals surface area contributed by atoms with E-state index in [0.29, 0.717) is 6.04 Å². The molecule has 2 unspecified atom stereocenters. The largest absolute Gasteiger partial charge is 0.495 e. The molecule has 1 aliphatic heterocycles. The molecule has 0 bridgehead atoms. The lowest BCUT2D eigenvalue weighted by Crippen LogP contribution is -2.21. The van der Waals surface area contributed by atoms with E-state index in [0.717, 1.165) is 36.5 Å². The second kappa shape index (κ2) is 3.38. The van der Waals surface area contributed by atoms with Crippen molar-refractivity contribution in [3.05, 3.63) is 18.3 Å². The number of fused-ring (bicyclic) bond motifs is 1. The van der Waals surface area contributed by atoms with E-state index < -0.39 is 0 Å². The Labute approximate surface area is 89.0 Å². The van der Waals surface area contributed by atoms with Crippen LogP contribution in [0.5, 0.6) is 5.75 Å².